The first-order valence-corrected chi connectivity index (χ1v) is 6.87. The summed E-state index contributed by atoms with van der Waals surface area (Å²) in [5, 5.41) is 3.46. The summed E-state index contributed by atoms with van der Waals surface area (Å²) in [6, 6.07) is 1.46. The molecule has 94 valence electrons. The second-order valence-electron chi connectivity index (χ2n) is 6.67. The van der Waals surface area contributed by atoms with E-state index in [0.717, 1.165) is 23.9 Å². The Balaban J connectivity index is 1.88. The van der Waals surface area contributed by atoms with Gasteiger partial charge in [-0.3, -0.25) is 4.90 Å². The van der Waals surface area contributed by atoms with Gasteiger partial charge in [-0.15, -0.1) is 0 Å². The van der Waals surface area contributed by atoms with Crippen molar-refractivity contribution < 1.29 is 0 Å². The summed E-state index contributed by atoms with van der Waals surface area (Å²) < 4.78 is 0. The highest BCUT2D eigenvalue weighted by Crippen LogP contribution is 2.52. The van der Waals surface area contributed by atoms with E-state index in [1.165, 1.54) is 25.9 Å². The molecule has 4 atom stereocenters. The third-order valence-corrected chi connectivity index (χ3v) is 5.24. The fraction of sp³-hybridized carbons (Fsp3) is 1.00. The lowest BCUT2D eigenvalue weighted by atomic mass is 9.87. The van der Waals surface area contributed by atoms with Crippen molar-refractivity contribution in [3.63, 3.8) is 0 Å². The molecule has 1 N–H and O–H groups in total. The van der Waals surface area contributed by atoms with Crippen LogP contribution >= 0.6 is 0 Å². The Hall–Kier alpha value is -0.0800. The molecule has 0 aromatic rings. The summed E-state index contributed by atoms with van der Waals surface area (Å²) in [5.41, 5.74) is 0.628. The number of piperidine rings is 1. The van der Waals surface area contributed by atoms with Crippen molar-refractivity contribution in [3.05, 3.63) is 0 Å². The van der Waals surface area contributed by atoms with Crippen molar-refractivity contribution in [1.29, 1.82) is 0 Å². The molecule has 16 heavy (non-hydrogen) atoms. The van der Waals surface area contributed by atoms with Gasteiger partial charge in [0, 0.05) is 18.6 Å². The number of likely N-dealkylation sites (tertiary alicyclic amines) is 1. The second kappa shape index (κ2) is 4.30. The van der Waals surface area contributed by atoms with Crippen LogP contribution in [0.1, 0.15) is 40.5 Å². The van der Waals surface area contributed by atoms with Gasteiger partial charge in [-0.25, -0.2) is 0 Å². The van der Waals surface area contributed by atoms with Crippen molar-refractivity contribution in [3.8, 4) is 0 Å². The van der Waals surface area contributed by atoms with E-state index in [0.29, 0.717) is 5.41 Å². The summed E-state index contributed by atoms with van der Waals surface area (Å²) in [7, 11) is 2.10. The summed E-state index contributed by atoms with van der Waals surface area (Å²) in [5.74, 6) is 1.73. The van der Waals surface area contributed by atoms with Crippen molar-refractivity contribution >= 4 is 0 Å². The molecule has 1 aliphatic heterocycles. The maximum absolute atomic E-state index is 3.46. The van der Waals surface area contributed by atoms with Crippen LogP contribution in [-0.4, -0.2) is 37.1 Å². The number of nitrogens with one attached hydrogen (secondary N) is 1. The molecule has 1 saturated carbocycles. The van der Waals surface area contributed by atoms with Crippen LogP contribution in [-0.2, 0) is 0 Å². The molecule has 2 rings (SSSR count). The predicted molar refractivity (Wildman–Crippen MR) is 69.6 cm³/mol. The zero-order valence-electron chi connectivity index (χ0n) is 11.6. The first kappa shape index (κ1) is 12.4. The molecule has 2 heteroatoms. The molecule has 0 amide bonds. The van der Waals surface area contributed by atoms with Crippen LogP contribution in [0.3, 0.4) is 0 Å². The zero-order chi connectivity index (χ0) is 11.9. The van der Waals surface area contributed by atoms with Crippen molar-refractivity contribution in [2.24, 2.45) is 17.3 Å². The van der Waals surface area contributed by atoms with Gasteiger partial charge in [0.1, 0.15) is 0 Å². The number of nitrogens with zero attached hydrogens (tertiary/aromatic N) is 1. The van der Waals surface area contributed by atoms with Gasteiger partial charge in [-0.1, -0.05) is 20.8 Å². The molecular weight excluding hydrogens is 196 g/mol. The third kappa shape index (κ3) is 2.28. The molecule has 2 nitrogen and oxygen atoms in total. The van der Waals surface area contributed by atoms with E-state index in [1.807, 2.05) is 0 Å². The summed E-state index contributed by atoms with van der Waals surface area (Å²) >= 11 is 0. The maximum atomic E-state index is 3.46. The van der Waals surface area contributed by atoms with Gasteiger partial charge in [0.2, 0.25) is 0 Å². The topological polar surface area (TPSA) is 15.3 Å². The second-order valence-corrected chi connectivity index (χ2v) is 6.67. The Labute approximate surface area is 101 Å². The molecule has 0 radical (unpaired) electrons. The number of rotatable bonds is 3. The summed E-state index contributed by atoms with van der Waals surface area (Å²) in [6.07, 6.45) is 2.75. The van der Waals surface area contributed by atoms with Crippen LogP contribution < -0.4 is 5.32 Å². The Bertz CT molecular complexity index is 249. The highest BCUT2D eigenvalue weighted by molar-refractivity contribution is 4.99. The molecule has 0 aromatic carbocycles. The fourth-order valence-corrected chi connectivity index (χ4v) is 3.28. The molecule has 0 aromatic heterocycles. The number of hydrogen-bond donors (Lipinski definition) is 1. The molecule has 1 heterocycles. The number of hydrogen-bond acceptors (Lipinski definition) is 2. The van der Waals surface area contributed by atoms with Gasteiger partial charge < -0.3 is 5.32 Å². The molecular formula is C14H28N2. The Kier molecular flexibility index (Phi) is 3.33. The maximum Gasteiger partial charge on any atom is 0.0117 e. The lowest BCUT2D eigenvalue weighted by Crippen LogP contribution is -2.53. The quantitative estimate of drug-likeness (QED) is 0.791. The highest BCUT2D eigenvalue weighted by Gasteiger charge is 2.47. The largest absolute Gasteiger partial charge is 0.317 e. The van der Waals surface area contributed by atoms with E-state index in [4.69, 9.17) is 0 Å². The van der Waals surface area contributed by atoms with Gasteiger partial charge >= 0.3 is 0 Å². The monoisotopic (exact) mass is 224 g/mol. The molecule has 1 saturated heterocycles. The summed E-state index contributed by atoms with van der Waals surface area (Å²) in [4.78, 5) is 2.72. The fourth-order valence-electron chi connectivity index (χ4n) is 3.28. The van der Waals surface area contributed by atoms with Crippen molar-refractivity contribution in [2.75, 3.05) is 20.1 Å². The molecule has 4 unspecified atom stereocenters. The van der Waals surface area contributed by atoms with Gasteiger partial charge in [0.15, 0.2) is 0 Å². The van der Waals surface area contributed by atoms with Crippen LogP contribution in [0.25, 0.3) is 0 Å². The first-order chi connectivity index (χ1) is 7.45. The van der Waals surface area contributed by atoms with Gasteiger partial charge in [0.25, 0.3) is 0 Å². The predicted octanol–water partition coefficient (Wildman–Crippen LogP) is 2.35. The van der Waals surface area contributed by atoms with E-state index >= 15 is 0 Å². The van der Waals surface area contributed by atoms with Crippen LogP contribution in [0.2, 0.25) is 0 Å². The van der Waals surface area contributed by atoms with Crippen LogP contribution in [0.5, 0.6) is 0 Å². The van der Waals surface area contributed by atoms with E-state index in [-0.39, 0.29) is 0 Å². The lowest BCUT2D eigenvalue weighted by Gasteiger charge is -2.43. The van der Waals surface area contributed by atoms with E-state index < -0.39 is 0 Å². The average molecular weight is 224 g/mol. The van der Waals surface area contributed by atoms with Gasteiger partial charge in [0.05, 0.1) is 0 Å². The molecule has 0 spiro atoms. The average Bonchev–Trinajstić information content (AvgIpc) is 2.82. The Morgan fingerprint density at radius 2 is 1.94 bits per heavy atom. The van der Waals surface area contributed by atoms with Crippen molar-refractivity contribution in [1.82, 2.24) is 10.2 Å². The van der Waals surface area contributed by atoms with E-state index in [9.17, 15) is 0 Å². The normalized spacial score (nSPS) is 43.3. The smallest absolute Gasteiger partial charge is 0.0117 e. The zero-order valence-corrected chi connectivity index (χ0v) is 11.6. The van der Waals surface area contributed by atoms with E-state index in [2.05, 4.69) is 45.0 Å². The van der Waals surface area contributed by atoms with Crippen LogP contribution in [0.15, 0.2) is 0 Å². The Morgan fingerprint density at radius 3 is 2.44 bits per heavy atom. The highest BCUT2D eigenvalue weighted by atomic mass is 15.2. The molecule has 2 fully saturated rings. The van der Waals surface area contributed by atoms with Gasteiger partial charge in [-0.05, 0) is 50.6 Å². The minimum absolute atomic E-state index is 0.628. The van der Waals surface area contributed by atoms with Crippen LogP contribution in [0, 0.1) is 17.3 Å². The molecule has 0 bridgehead atoms. The first-order valence-electron chi connectivity index (χ1n) is 6.87. The molecule has 1 aliphatic carbocycles. The van der Waals surface area contributed by atoms with Gasteiger partial charge in [-0.2, -0.15) is 0 Å². The third-order valence-electron chi connectivity index (χ3n) is 5.24. The minimum Gasteiger partial charge on any atom is -0.317 e. The summed E-state index contributed by atoms with van der Waals surface area (Å²) in [6.45, 7) is 12.2. The SMILES string of the molecule is CNC1CCN(CC2CC2(C)C)C(C)C1C. The lowest BCUT2D eigenvalue weighted by molar-refractivity contribution is 0.0802. The Morgan fingerprint density at radius 1 is 1.31 bits per heavy atom. The van der Waals surface area contributed by atoms with Crippen LogP contribution in [0.4, 0.5) is 0 Å². The van der Waals surface area contributed by atoms with Crippen molar-refractivity contribution in [2.45, 2.75) is 52.6 Å². The standard InChI is InChI=1S/C14H28N2/c1-10-11(2)16(7-6-13(10)15-5)9-12-8-14(12,3)4/h10-13,15H,6-9H2,1-5H3. The molecule has 2 aliphatic rings. The van der Waals surface area contributed by atoms with E-state index in [1.54, 1.807) is 0 Å². The minimum atomic E-state index is 0.628.